The third kappa shape index (κ3) is 3.00. The van der Waals surface area contributed by atoms with Crippen molar-refractivity contribution >= 4 is 11.9 Å². The van der Waals surface area contributed by atoms with Gasteiger partial charge >= 0.3 is 5.97 Å². The molecule has 0 radical (unpaired) electrons. The normalized spacial score (nSPS) is 12.2. The fraction of sp³-hybridized carbons (Fsp3) is 0.556. The zero-order chi connectivity index (χ0) is 13.0. The predicted molar refractivity (Wildman–Crippen MR) is 55.9 cm³/mol. The van der Waals surface area contributed by atoms with Crippen molar-refractivity contribution in [1.82, 2.24) is 19.9 Å². The number of aromatic nitrogens is 3. The molecule has 2 N–H and O–H groups in total. The van der Waals surface area contributed by atoms with Gasteiger partial charge in [0.25, 0.3) is 0 Å². The minimum absolute atomic E-state index is 0.122. The lowest BCUT2D eigenvalue weighted by Gasteiger charge is -2.21. The molecule has 1 amide bonds. The van der Waals surface area contributed by atoms with Crippen LogP contribution in [0, 0.1) is 0 Å². The quantitative estimate of drug-likeness (QED) is 0.676. The summed E-state index contributed by atoms with van der Waals surface area (Å²) in [5, 5.41) is 25.1. The smallest absolute Gasteiger partial charge is 0.332 e. The average Bonchev–Trinajstić information content (AvgIpc) is 2.66. The van der Waals surface area contributed by atoms with Crippen molar-refractivity contribution in [2.24, 2.45) is 0 Å². The number of likely N-dealkylation sites (N-methyl/N-ethyl adjacent to an activating group) is 1. The van der Waals surface area contributed by atoms with Gasteiger partial charge in [-0.1, -0.05) is 5.21 Å². The Morgan fingerprint density at radius 2 is 2.24 bits per heavy atom. The van der Waals surface area contributed by atoms with Crippen LogP contribution in [0.1, 0.15) is 18.7 Å². The van der Waals surface area contributed by atoms with Crippen LogP contribution in [0.15, 0.2) is 6.20 Å². The highest BCUT2D eigenvalue weighted by atomic mass is 16.4. The first-order valence-corrected chi connectivity index (χ1v) is 4.94. The Morgan fingerprint density at radius 3 is 2.71 bits per heavy atom. The Kier molecular flexibility index (Phi) is 4.16. The molecule has 8 heteroatoms. The second-order valence-corrected chi connectivity index (χ2v) is 3.50. The number of aliphatic carboxylic acids is 1. The molecule has 0 aromatic carbocycles. The number of amides is 1. The molecule has 94 valence electrons. The van der Waals surface area contributed by atoms with Gasteiger partial charge in [-0.2, -0.15) is 0 Å². The van der Waals surface area contributed by atoms with E-state index in [4.69, 9.17) is 10.2 Å². The summed E-state index contributed by atoms with van der Waals surface area (Å²) in [5.41, 5.74) is 0.156. The van der Waals surface area contributed by atoms with Gasteiger partial charge < -0.3 is 15.1 Å². The third-order valence-corrected chi connectivity index (χ3v) is 2.28. The lowest BCUT2D eigenvalue weighted by Crippen LogP contribution is -2.34. The fourth-order valence-electron chi connectivity index (χ4n) is 1.32. The maximum Gasteiger partial charge on any atom is 0.332 e. The minimum atomic E-state index is -1.18. The van der Waals surface area contributed by atoms with Crippen molar-refractivity contribution < 1.29 is 19.8 Å². The molecule has 0 aliphatic carbocycles. The third-order valence-electron chi connectivity index (χ3n) is 2.28. The molecular formula is C9H14N4O4. The first-order valence-electron chi connectivity index (χ1n) is 4.94. The molecule has 1 unspecified atom stereocenters. The molecule has 1 atom stereocenters. The molecule has 0 saturated heterocycles. The zero-order valence-electron chi connectivity index (χ0n) is 9.57. The number of hydrogen-bond donors (Lipinski definition) is 2. The lowest BCUT2D eigenvalue weighted by atomic mass is 10.2. The van der Waals surface area contributed by atoms with Gasteiger partial charge in [-0.3, -0.25) is 4.79 Å². The number of aliphatic hydroxyl groups is 1. The molecule has 0 aliphatic heterocycles. The number of aliphatic hydroxyl groups excluding tert-OH is 1. The SMILES string of the molecule is CC(=O)N(C)C(C(=O)O)c1cn(CCO)nn1. The Balaban J connectivity index is 2.97. The second kappa shape index (κ2) is 5.39. The summed E-state index contributed by atoms with van der Waals surface area (Å²) in [5.74, 6) is -1.56. The van der Waals surface area contributed by atoms with Crippen molar-refractivity contribution in [2.75, 3.05) is 13.7 Å². The van der Waals surface area contributed by atoms with E-state index in [1.54, 1.807) is 0 Å². The van der Waals surface area contributed by atoms with Crippen LogP contribution in [-0.2, 0) is 16.1 Å². The molecule has 0 saturated carbocycles. The van der Waals surface area contributed by atoms with Crippen molar-refractivity contribution in [3.05, 3.63) is 11.9 Å². The number of carboxylic acid groups (broad SMARTS) is 1. The fourth-order valence-corrected chi connectivity index (χ4v) is 1.32. The van der Waals surface area contributed by atoms with E-state index >= 15 is 0 Å². The van der Waals surface area contributed by atoms with Crippen LogP contribution in [0.4, 0.5) is 0 Å². The van der Waals surface area contributed by atoms with E-state index in [9.17, 15) is 9.59 Å². The van der Waals surface area contributed by atoms with Gasteiger partial charge in [0.2, 0.25) is 5.91 Å². The standard InChI is InChI=1S/C9H14N4O4/c1-6(15)12(2)8(9(16)17)7-5-13(3-4-14)11-10-7/h5,8,14H,3-4H2,1-2H3,(H,16,17). The average molecular weight is 242 g/mol. The molecule has 1 heterocycles. The van der Waals surface area contributed by atoms with Gasteiger partial charge in [-0.05, 0) is 0 Å². The predicted octanol–water partition coefficient (Wildman–Crippen LogP) is -1.13. The topological polar surface area (TPSA) is 109 Å². The summed E-state index contributed by atoms with van der Waals surface area (Å²) < 4.78 is 1.32. The summed E-state index contributed by atoms with van der Waals surface area (Å²) in [6, 6.07) is -1.17. The van der Waals surface area contributed by atoms with Gasteiger partial charge in [-0.15, -0.1) is 5.10 Å². The number of rotatable bonds is 5. The highest BCUT2D eigenvalue weighted by molar-refractivity contribution is 5.82. The Bertz CT molecular complexity index is 417. The van der Waals surface area contributed by atoms with Crippen LogP contribution in [0.3, 0.4) is 0 Å². The Morgan fingerprint density at radius 1 is 1.59 bits per heavy atom. The Labute approximate surface area is 97.5 Å². The van der Waals surface area contributed by atoms with Crippen molar-refractivity contribution in [3.8, 4) is 0 Å². The van der Waals surface area contributed by atoms with Gasteiger partial charge in [0.15, 0.2) is 6.04 Å². The van der Waals surface area contributed by atoms with E-state index < -0.39 is 12.0 Å². The van der Waals surface area contributed by atoms with Crippen LogP contribution < -0.4 is 0 Å². The van der Waals surface area contributed by atoms with E-state index in [1.807, 2.05) is 0 Å². The van der Waals surface area contributed by atoms with Crippen LogP contribution in [-0.4, -0.2) is 55.6 Å². The second-order valence-electron chi connectivity index (χ2n) is 3.50. The van der Waals surface area contributed by atoms with Crippen LogP contribution >= 0.6 is 0 Å². The highest BCUT2D eigenvalue weighted by Crippen LogP contribution is 2.17. The van der Waals surface area contributed by atoms with E-state index in [1.165, 1.54) is 24.9 Å². The van der Waals surface area contributed by atoms with Gasteiger partial charge in [-0.25, -0.2) is 9.48 Å². The molecule has 1 aromatic heterocycles. The van der Waals surface area contributed by atoms with Crippen molar-refractivity contribution in [1.29, 1.82) is 0 Å². The number of carboxylic acids is 1. The summed E-state index contributed by atoms with van der Waals surface area (Å²) in [7, 11) is 1.38. The number of nitrogens with zero attached hydrogens (tertiary/aromatic N) is 4. The van der Waals surface area contributed by atoms with Crippen molar-refractivity contribution in [2.45, 2.75) is 19.5 Å². The minimum Gasteiger partial charge on any atom is -0.479 e. The van der Waals surface area contributed by atoms with E-state index in [0.29, 0.717) is 0 Å². The lowest BCUT2D eigenvalue weighted by molar-refractivity contribution is -0.148. The monoisotopic (exact) mass is 242 g/mol. The maximum atomic E-state index is 11.2. The van der Waals surface area contributed by atoms with Gasteiger partial charge in [0, 0.05) is 14.0 Å². The zero-order valence-corrected chi connectivity index (χ0v) is 9.57. The number of hydrogen-bond acceptors (Lipinski definition) is 5. The first-order chi connectivity index (χ1) is 7.97. The largest absolute Gasteiger partial charge is 0.479 e. The molecule has 1 rings (SSSR count). The molecule has 17 heavy (non-hydrogen) atoms. The summed E-state index contributed by atoms with van der Waals surface area (Å²) in [4.78, 5) is 23.3. The molecule has 8 nitrogen and oxygen atoms in total. The highest BCUT2D eigenvalue weighted by Gasteiger charge is 2.29. The summed E-state index contributed by atoms with van der Waals surface area (Å²) >= 11 is 0. The summed E-state index contributed by atoms with van der Waals surface area (Å²) in [6.07, 6.45) is 1.40. The Hall–Kier alpha value is -1.96. The van der Waals surface area contributed by atoms with E-state index in [-0.39, 0.29) is 24.8 Å². The summed E-state index contributed by atoms with van der Waals surface area (Å²) in [6.45, 7) is 1.38. The van der Waals surface area contributed by atoms with Crippen LogP contribution in [0.25, 0.3) is 0 Å². The maximum absolute atomic E-state index is 11.2. The molecule has 0 spiro atoms. The van der Waals surface area contributed by atoms with Crippen LogP contribution in [0.2, 0.25) is 0 Å². The van der Waals surface area contributed by atoms with E-state index in [2.05, 4.69) is 10.3 Å². The van der Waals surface area contributed by atoms with E-state index in [0.717, 1.165) is 4.90 Å². The van der Waals surface area contributed by atoms with Crippen molar-refractivity contribution in [3.63, 3.8) is 0 Å². The molecule has 1 aromatic rings. The molecule has 0 aliphatic rings. The van der Waals surface area contributed by atoms with Gasteiger partial charge in [0.1, 0.15) is 5.69 Å². The number of carbonyl (C=O) groups is 2. The molecule has 0 fully saturated rings. The molecular weight excluding hydrogens is 228 g/mol. The van der Waals surface area contributed by atoms with Crippen LogP contribution in [0.5, 0.6) is 0 Å². The van der Waals surface area contributed by atoms with Gasteiger partial charge in [0.05, 0.1) is 19.3 Å². The number of carbonyl (C=O) groups excluding carboxylic acids is 1. The molecule has 0 bridgehead atoms. The first kappa shape index (κ1) is 13.1.